The van der Waals surface area contributed by atoms with E-state index in [9.17, 15) is 9.59 Å². The van der Waals surface area contributed by atoms with Crippen molar-refractivity contribution in [3.8, 4) is 5.75 Å². The van der Waals surface area contributed by atoms with Crippen LogP contribution in [0.3, 0.4) is 0 Å². The van der Waals surface area contributed by atoms with E-state index in [1.165, 1.54) is 0 Å². The van der Waals surface area contributed by atoms with Crippen LogP contribution in [-0.4, -0.2) is 24.5 Å². The highest BCUT2D eigenvalue weighted by atomic mass is 35.5. The Kier molecular flexibility index (Phi) is 6.42. The fourth-order valence-corrected chi connectivity index (χ4v) is 2.43. The topological polar surface area (TPSA) is 67.4 Å². The molecule has 0 aliphatic heterocycles. The van der Waals surface area contributed by atoms with Crippen molar-refractivity contribution >= 4 is 29.1 Å². The van der Waals surface area contributed by atoms with Gasteiger partial charge in [0.15, 0.2) is 6.61 Å². The molecule has 0 aliphatic carbocycles. The second kappa shape index (κ2) is 8.53. The van der Waals surface area contributed by atoms with E-state index in [-0.39, 0.29) is 24.5 Å². The molecule has 0 aromatic heterocycles. The van der Waals surface area contributed by atoms with Crippen LogP contribution in [0, 0.1) is 6.92 Å². The fraction of sp³-hybridized carbons (Fsp3) is 0.263. The van der Waals surface area contributed by atoms with Crippen molar-refractivity contribution in [3.05, 3.63) is 58.6 Å². The van der Waals surface area contributed by atoms with Crippen molar-refractivity contribution in [2.24, 2.45) is 0 Å². The number of aryl methyl sites for hydroxylation is 1. The molecule has 2 aromatic rings. The quantitative estimate of drug-likeness (QED) is 0.823. The zero-order valence-electron chi connectivity index (χ0n) is 14.4. The van der Waals surface area contributed by atoms with Gasteiger partial charge in [-0.25, -0.2) is 0 Å². The van der Waals surface area contributed by atoms with Crippen molar-refractivity contribution in [3.63, 3.8) is 0 Å². The zero-order valence-corrected chi connectivity index (χ0v) is 15.2. The molecule has 6 heteroatoms. The summed E-state index contributed by atoms with van der Waals surface area (Å²) >= 11 is 5.89. The number of halogens is 1. The van der Waals surface area contributed by atoms with Crippen LogP contribution in [0.5, 0.6) is 5.75 Å². The fourth-order valence-electron chi connectivity index (χ4n) is 2.20. The van der Waals surface area contributed by atoms with Gasteiger partial charge in [-0.2, -0.15) is 0 Å². The zero-order chi connectivity index (χ0) is 18.4. The second-order valence-corrected chi connectivity index (χ2v) is 6.39. The predicted octanol–water partition coefficient (Wildman–Crippen LogP) is 3.80. The lowest BCUT2D eigenvalue weighted by Gasteiger charge is -2.11. The summed E-state index contributed by atoms with van der Waals surface area (Å²) in [5, 5.41) is 6.15. The smallest absolute Gasteiger partial charge is 0.262 e. The molecule has 0 saturated heterocycles. The highest BCUT2D eigenvalue weighted by Crippen LogP contribution is 2.21. The molecule has 2 aromatic carbocycles. The van der Waals surface area contributed by atoms with E-state index in [1.54, 1.807) is 42.5 Å². The Balaban J connectivity index is 1.95. The number of benzene rings is 2. The Morgan fingerprint density at radius 1 is 1.16 bits per heavy atom. The highest BCUT2D eigenvalue weighted by molar-refractivity contribution is 6.30. The molecule has 2 N–H and O–H groups in total. The lowest BCUT2D eigenvalue weighted by atomic mass is 10.1. The first-order chi connectivity index (χ1) is 11.8. The molecule has 0 unspecified atom stereocenters. The van der Waals surface area contributed by atoms with Gasteiger partial charge in [0, 0.05) is 22.3 Å². The van der Waals surface area contributed by atoms with E-state index in [4.69, 9.17) is 16.3 Å². The minimum Gasteiger partial charge on any atom is -0.483 e. The summed E-state index contributed by atoms with van der Waals surface area (Å²) in [5.41, 5.74) is 1.88. The molecule has 0 bridgehead atoms. The van der Waals surface area contributed by atoms with Crippen molar-refractivity contribution in [1.29, 1.82) is 0 Å². The first kappa shape index (κ1) is 18.8. The third kappa shape index (κ3) is 5.80. The highest BCUT2D eigenvalue weighted by Gasteiger charge is 2.10. The minimum atomic E-state index is -0.309. The summed E-state index contributed by atoms with van der Waals surface area (Å²) in [4.78, 5) is 24.1. The monoisotopic (exact) mass is 360 g/mol. The number of carbonyl (C=O) groups excluding carboxylic acids is 2. The number of hydrogen-bond acceptors (Lipinski definition) is 3. The van der Waals surface area contributed by atoms with Gasteiger partial charge in [0.2, 0.25) is 0 Å². The molecular formula is C19H21ClN2O3. The average Bonchev–Trinajstić information content (AvgIpc) is 2.53. The van der Waals surface area contributed by atoms with Crippen molar-refractivity contribution < 1.29 is 14.3 Å². The molecule has 132 valence electrons. The molecule has 0 atom stereocenters. The van der Waals surface area contributed by atoms with Crippen LogP contribution in [0.4, 0.5) is 5.69 Å². The van der Waals surface area contributed by atoms with Crippen molar-refractivity contribution in [1.82, 2.24) is 5.32 Å². The third-order valence-corrected chi connectivity index (χ3v) is 3.56. The number of amides is 2. The van der Waals surface area contributed by atoms with Gasteiger partial charge in [-0.3, -0.25) is 9.59 Å². The Hall–Kier alpha value is -2.53. The first-order valence-electron chi connectivity index (χ1n) is 7.95. The van der Waals surface area contributed by atoms with E-state index in [0.717, 1.165) is 5.56 Å². The van der Waals surface area contributed by atoms with Gasteiger partial charge in [0.1, 0.15) is 5.75 Å². The van der Waals surface area contributed by atoms with Gasteiger partial charge >= 0.3 is 0 Å². The van der Waals surface area contributed by atoms with Gasteiger partial charge in [-0.15, -0.1) is 0 Å². The Morgan fingerprint density at radius 3 is 2.60 bits per heavy atom. The van der Waals surface area contributed by atoms with Crippen molar-refractivity contribution in [2.75, 3.05) is 11.9 Å². The maximum Gasteiger partial charge on any atom is 0.262 e. The molecule has 0 heterocycles. The molecule has 2 rings (SSSR count). The Bertz CT molecular complexity index is 775. The van der Waals surface area contributed by atoms with Crippen LogP contribution in [0.1, 0.15) is 29.8 Å². The summed E-state index contributed by atoms with van der Waals surface area (Å²) < 4.78 is 5.51. The SMILES string of the molecule is Cc1cc(Cl)ccc1OCC(=O)Nc1cccc(C(=O)NC(C)C)c1. The van der Waals surface area contributed by atoms with E-state index >= 15 is 0 Å². The molecule has 0 aliphatic rings. The van der Waals surface area contributed by atoms with Crippen LogP contribution < -0.4 is 15.4 Å². The average molecular weight is 361 g/mol. The molecule has 0 fully saturated rings. The summed E-state index contributed by atoms with van der Waals surface area (Å²) in [6.45, 7) is 5.50. The standard InChI is InChI=1S/C19H21ClN2O3/c1-12(2)21-19(24)14-5-4-6-16(10-14)22-18(23)11-25-17-8-7-15(20)9-13(17)3/h4-10,12H,11H2,1-3H3,(H,21,24)(H,22,23). The molecule has 25 heavy (non-hydrogen) atoms. The largest absolute Gasteiger partial charge is 0.483 e. The van der Waals surface area contributed by atoms with E-state index in [2.05, 4.69) is 10.6 Å². The van der Waals surface area contributed by atoms with Crippen LogP contribution >= 0.6 is 11.6 Å². The third-order valence-electron chi connectivity index (χ3n) is 3.32. The summed E-state index contributed by atoms with van der Waals surface area (Å²) in [6, 6.07) is 12.0. The van der Waals surface area contributed by atoms with E-state index < -0.39 is 0 Å². The van der Waals surface area contributed by atoms with Crippen LogP contribution in [0.25, 0.3) is 0 Å². The van der Waals surface area contributed by atoms with Gasteiger partial charge in [0.25, 0.3) is 11.8 Å². The van der Waals surface area contributed by atoms with Gasteiger partial charge < -0.3 is 15.4 Å². The summed E-state index contributed by atoms with van der Waals surface area (Å²) in [6.07, 6.45) is 0. The molecule has 5 nitrogen and oxygen atoms in total. The summed E-state index contributed by atoms with van der Waals surface area (Å²) in [7, 11) is 0. The maximum atomic E-state index is 12.1. The number of anilines is 1. The van der Waals surface area contributed by atoms with Crippen molar-refractivity contribution in [2.45, 2.75) is 26.8 Å². The van der Waals surface area contributed by atoms with Crippen LogP contribution in [-0.2, 0) is 4.79 Å². The number of nitrogens with one attached hydrogen (secondary N) is 2. The first-order valence-corrected chi connectivity index (χ1v) is 8.32. The Labute approximate surface area is 152 Å². The van der Waals surface area contributed by atoms with Crippen LogP contribution in [0.2, 0.25) is 5.02 Å². The number of hydrogen-bond donors (Lipinski definition) is 2. The van der Waals surface area contributed by atoms with E-state index in [1.807, 2.05) is 20.8 Å². The maximum absolute atomic E-state index is 12.1. The number of rotatable bonds is 6. The normalized spacial score (nSPS) is 10.4. The molecule has 2 amide bonds. The molecular weight excluding hydrogens is 340 g/mol. The van der Waals surface area contributed by atoms with Gasteiger partial charge in [-0.1, -0.05) is 17.7 Å². The second-order valence-electron chi connectivity index (χ2n) is 5.96. The Morgan fingerprint density at radius 2 is 1.92 bits per heavy atom. The predicted molar refractivity (Wildman–Crippen MR) is 99.4 cm³/mol. The van der Waals surface area contributed by atoms with Crippen LogP contribution in [0.15, 0.2) is 42.5 Å². The lowest BCUT2D eigenvalue weighted by Crippen LogP contribution is -2.30. The van der Waals surface area contributed by atoms with E-state index in [0.29, 0.717) is 22.0 Å². The molecule has 0 saturated carbocycles. The minimum absolute atomic E-state index is 0.0433. The number of ether oxygens (including phenoxy) is 1. The number of carbonyl (C=O) groups is 2. The van der Waals surface area contributed by atoms with Gasteiger partial charge in [0.05, 0.1) is 0 Å². The lowest BCUT2D eigenvalue weighted by molar-refractivity contribution is -0.118. The summed E-state index contributed by atoms with van der Waals surface area (Å²) in [5.74, 6) is 0.111. The molecule has 0 spiro atoms. The van der Waals surface area contributed by atoms with Gasteiger partial charge in [-0.05, 0) is 62.7 Å². The molecule has 0 radical (unpaired) electrons.